The molecule has 31 nitrogen and oxygen atoms in total. The second kappa shape index (κ2) is 32.0. The van der Waals surface area contributed by atoms with Gasteiger partial charge in [0.2, 0.25) is 11.8 Å². The maximum Gasteiger partial charge on any atom is 0.330 e. The van der Waals surface area contributed by atoms with E-state index in [1.54, 1.807) is 27.7 Å². The van der Waals surface area contributed by atoms with Gasteiger partial charge in [0, 0.05) is 58.6 Å². The van der Waals surface area contributed by atoms with Crippen LogP contribution < -0.4 is 53.8 Å². The van der Waals surface area contributed by atoms with Crippen LogP contribution in [0.15, 0.2) is 21.9 Å². The summed E-state index contributed by atoms with van der Waals surface area (Å²) < 4.78 is 25.3. The Kier molecular flexibility index (Phi) is 25.9. The number of aromatic amines is 1. The summed E-state index contributed by atoms with van der Waals surface area (Å²) in [5.41, 5.74) is -1.80. The Morgan fingerprint density at radius 3 is 2.11 bits per heavy atom. The van der Waals surface area contributed by atoms with E-state index in [1.807, 2.05) is 6.92 Å². The number of nitrogens with zero attached hydrogens (tertiary/aromatic N) is 3. The first-order valence-electron chi connectivity index (χ1n) is 28.6. The van der Waals surface area contributed by atoms with Crippen molar-refractivity contribution >= 4 is 47.7 Å². The number of carbonyl (C=O) groups is 7. The van der Waals surface area contributed by atoms with Crippen LogP contribution in [0.25, 0.3) is 0 Å². The number of imide groups is 1. The fourth-order valence-corrected chi connectivity index (χ4v) is 10.3. The molecule has 15 N–H and O–H groups in total. The number of ether oxygens (including phenoxy) is 4. The number of rotatable bonds is 32. The lowest BCUT2D eigenvalue weighted by Gasteiger charge is -2.36. The molecule has 5 rings (SSSR count). The summed E-state index contributed by atoms with van der Waals surface area (Å²) in [4.78, 5) is 125. The number of aliphatic hydroxyl groups is 4. The van der Waals surface area contributed by atoms with Crippen molar-refractivity contribution in [3.05, 3.63) is 33.1 Å². The number of carboxylic acids is 1. The van der Waals surface area contributed by atoms with Crippen LogP contribution in [0.5, 0.6) is 0 Å². The number of urea groups is 3. The van der Waals surface area contributed by atoms with Gasteiger partial charge in [-0.25, -0.2) is 24.0 Å². The van der Waals surface area contributed by atoms with Crippen molar-refractivity contribution in [3.63, 3.8) is 0 Å². The minimum absolute atomic E-state index is 0.0636. The van der Waals surface area contributed by atoms with E-state index in [0.29, 0.717) is 19.4 Å². The SMILES string of the molecule is CCCCCCNC(=O)NC[C@H]1OC(OC(C2C(=O)N(CCCCCC)C(=O)N2CCCNC(=O)C(NC(=O)C(NC(=O)NC(C(=O)O)C(C)C)C2CCNC(=N)N2)C(O)C(C)C)[C@H]2O[C@@H](n3ccc(=O)[nH]c3=O)[C@H](O)[C@H]2O)[C@@H](OC)[C@H]1O. The zero-order valence-corrected chi connectivity index (χ0v) is 48.2. The molecule has 4 fully saturated rings. The van der Waals surface area contributed by atoms with E-state index in [2.05, 4.69) is 54.4 Å². The third kappa shape index (κ3) is 17.8. The Bertz CT molecular complexity index is 2480. The average molecular weight is 1180 g/mol. The molecule has 0 radical (unpaired) electrons. The molecule has 4 aliphatic heterocycles. The summed E-state index contributed by atoms with van der Waals surface area (Å²) >= 11 is 0. The number of guanidine groups is 1. The van der Waals surface area contributed by atoms with Gasteiger partial charge in [-0.3, -0.25) is 39.0 Å². The highest BCUT2D eigenvalue weighted by atomic mass is 16.7. The number of carbonyl (C=O) groups excluding carboxylic acids is 6. The quantitative estimate of drug-likeness (QED) is 0.0260. The fourth-order valence-electron chi connectivity index (χ4n) is 10.3. The Morgan fingerprint density at radius 2 is 1.48 bits per heavy atom. The van der Waals surface area contributed by atoms with Crippen molar-refractivity contribution in [1.82, 2.24) is 61.9 Å². The topological polar surface area (TPSA) is 439 Å². The number of amides is 9. The summed E-state index contributed by atoms with van der Waals surface area (Å²) in [5.74, 6) is -5.41. The molecule has 4 saturated heterocycles. The number of hydrogen-bond acceptors (Lipinski definition) is 18. The van der Waals surface area contributed by atoms with Gasteiger partial charge < -0.3 is 91.9 Å². The van der Waals surface area contributed by atoms with Crippen molar-refractivity contribution in [2.75, 3.05) is 46.4 Å². The van der Waals surface area contributed by atoms with Gasteiger partial charge in [0.25, 0.3) is 11.5 Å². The Morgan fingerprint density at radius 1 is 0.795 bits per heavy atom. The van der Waals surface area contributed by atoms with Gasteiger partial charge in [0.05, 0.1) is 12.1 Å². The summed E-state index contributed by atoms with van der Waals surface area (Å²) in [7, 11) is 1.24. The van der Waals surface area contributed by atoms with Gasteiger partial charge in [0.1, 0.15) is 66.9 Å². The molecule has 15 atom stereocenters. The highest BCUT2D eigenvalue weighted by Crippen LogP contribution is 2.38. The van der Waals surface area contributed by atoms with Gasteiger partial charge in [-0.2, -0.15) is 0 Å². The van der Waals surface area contributed by atoms with Crippen molar-refractivity contribution in [1.29, 1.82) is 5.41 Å². The van der Waals surface area contributed by atoms with Gasteiger partial charge in [-0.15, -0.1) is 0 Å². The molecule has 0 saturated carbocycles. The molecule has 83 heavy (non-hydrogen) atoms. The highest BCUT2D eigenvalue weighted by molar-refractivity contribution is 6.04. The summed E-state index contributed by atoms with van der Waals surface area (Å²) in [6.07, 6.45) is -8.94. The van der Waals surface area contributed by atoms with E-state index in [0.717, 1.165) is 65.2 Å². The Labute approximate surface area is 480 Å². The number of H-pyrrole nitrogens is 1. The number of aliphatic hydroxyl groups excluding tert-OH is 4. The van der Waals surface area contributed by atoms with E-state index in [4.69, 9.17) is 24.4 Å². The normalized spacial score (nSPS) is 26.2. The molecule has 1 aromatic rings. The van der Waals surface area contributed by atoms with Crippen LogP contribution in [0.4, 0.5) is 14.4 Å². The molecule has 0 aliphatic carbocycles. The van der Waals surface area contributed by atoms with Crippen LogP contribution >= 0.6 is 0 Å². The second-order valence-corrected chi connectivity index (χ2v) is 21.9. The van der Waals surface area contributed by atoms with E-state index in [9.17, 15) is 68.7 Å². The average Bonchev–Trinajstić information content (AvgIpc) is 2.31. The van der Waals surface area contributed by atoms with Crippen LogP contribution in [0.3, 0.4) is 0 Å². The van der Waals surface area contributed by atoms with Crippen LogP contribution in [-0.2, 0) is 38.1 Å². The van der Waals surface area contributed by atoms with E-state index in [-0.39, 0.29) is 51.5 Å². The maximum atomic E-state index is 14.9. The lowest BCUT2D eigenvalue weighted by atomic mass is 9.97. The highest BCUT2D eigenvalue weighted by Gasteiger charge is 2.59. The zero-order valence-electron chi connectivity index (χ0n) is 48.2. The van der Waals surface area contributed by atoms with Crippen molar-refractivity contribution in [3.8, 4) is 0 Å². The number of carboxylic acid groups (broad SMARTS) is 1. The molecule has 8 unspecified atom stereocenters. The molecule has 31 heteroatoms. The van der Waals surface area contributed by atoms with Gasteiger partial charge in [-0.1, -0.05) is 80.1 Å². The maximum absolute atomic E-state index is 14.9. The molecule has 1 aromatic heterocycles. The molecule has 4 aliphatic rings. The number of methoxy groups -OCH3 is 1. The molecular formula is C52H87N13O18. The largest absolute Gasteiger partial charge is 0.480 e. The molecule has 0 bridgehead atoms. The third-order valence-electron chi connectivity index (χ3n) is 15.0. The monoisotopic (exact) mass is 1180 g/mol. The summed E-state index contributed by atoms with van der Waals surface area (Å²) in [6, 6.07) is -8.60. The fraction of sp³-hybridized carbons (Fsp3) is 0.769. The van der Waals surface area contributed by atoms with Gasteiger partial charge >= 0.3 is 29.8 Å². The van der Waals surface area contributed by atoms with Crippen LogP contribution in [0.1, 0.15) is 112 Å². The molecular weight excluding hydrogens is 1090 g/mol. The molecule has 0 spiro atoms. The van der Waals surface area contributed by atoms with Crippen LogP contribution in [0.2, 0.25) is 0 Å². The lowest BCUT2D eigenvalue weighted by molar-refractivity contribution is -0.233. The van der Waals surface area contributed by atoms with Crippen molar-refractivity contribution in [2.24, 2.45) is 11.8 Å². The Balaban J connectivity index is 1.43. The third-order valence-corrected chi connectivity index (χ3v) is 15.0. The minimum atomic E-state index is -1.97. The first-order valence-corrected chi connectivity index (χ1v) is 28.6. The molecule has 468 valence electrons. The standard InChI is InChI=1S/C52H87N13O18/c1-8-10-12-14-19-56-49(76)57-25-29-36(68)41(80-7)47(81-29)83-39(40-37(69)38(70)45(82-40)65-24-18-30(66)59-51(65)78)34-44(73)64(22-15-13-11-9-2)52(79)63(34)23-16-20-54-42(71)33(35(67)27(5)6)60-43(72)32(28-17-21-55-48(53)58-28)62-50(77)61-31(26(3)4)46(74)75/h18,24,26-29,31-41,45,47,67-70H,8-17,19-23,25H2,1-7H3,(H,54,71)(H,60,72)(H,74,75)(H3,53,55,58)(H2,56,57,76)(H,59,66,78)(H2,61,62,77)/t28?,29-,31?,32?,33?,34?,35?,36+,37-,38-,39?,40+,41+,45-,47?/m1/s1. The molecule has 0 aromatic carbocycles. The minimum Gasteiger partial charge on any atom is -0.480 e. The lowest BCUT2D eigenvalue weighted by Crippen LogP contribution is -2.67. The smallest absolute Gasteiger partial charge is 0.330 e. The first kappa shape index (κ1) is 67.3. The predicted molar refractivity (Wildman–Crippen MR) is 294 cm³/mol. The summed E-state index contributed by atoms with van der Waals surface area (Å²) in [6.45, 7) is 10.0. The van der Waals surface area contributed by atoms with E-state index < -0.39 is 156 Å². The van der Waals surface area contributed by atoms with Gasteiger partial charge in [0.15, 0.2) is 18.5 Å². The van der Waals surface area contributed by atoms with E-state index in [1.165, 1.54) is 7.11 Å². The number of nitrogens with one attached hydrogen (secondary N) is 10. The van der Waals surface area contributed by atoms with Crippen LogP contribution in [0, 0.1) is 17.2 Å². The number of aliphatic carboxylic acids is 1. The molecule has 5 heterocycles. The first-order chi connectivity index (χ1) is 39.4. The van der Waals surface area contributed by atoms with Gasteiger partial charge in [-0.05, 0) is 37.5 Å². The zero-order chi connectivity index (χ0) is 61.2. The Hall–Kier alpha value is -6.48. The summed E-state index contributed by atoms with van der Waals surface area (Å²) in [5, 5.41) is 84.9. The number of unbranched alkanes of at least 4 members (excludes halogenated alkanes) is 6. The predicted octanol–water partition coefficient (Wildman–Crippen LogP) is -2.59. The second-order valence-electron chi connectivity index (χ2n) is 21.9. The number of hydrogen-bond donors (Lipinski definition) is 15. The van der Waals surface area contributed by atoms with E-state index >= 15 is 0 Å². The molecule has 9 amide bonds. The van der Waals surface area contributed by atoms with Crippen molar-refractivity contribution in [2.45, 2.75) is 197 Å². The number of aromatic nitrogens is 2. The van der Waals surface area contributed by atoms with Crippen LogP contribution in [-0.4, -0.2) is 224 Å². The van der Waals surface area contributed by atoms with Crippen molar-refractivity contribution < 1.29 is 78.0 Å².